The van der Waals surface area contributed by atoms with E-state index < -0.39 is 0 Å². The zero-order valence-corrected chi connectivity index (χ0v) is 8.32. The zero-order chi connectivity index (χ0) is 9.54. The third kappa shape index (κ3) is 1.29. The molecule has 2 heterocycles. The maximum atomic E-state index is 5.65. The molecule has 4 atom stereocenters. The van der Waals surface area contributed by atoms with Crippen LogP contribution in [0.3, 0.4) is 0 Å². The van der Waals surface area contributed by atoms with Gasteiger partial charge < -0.3 is 9.47 Å². The Kier molecular flexibility index (Phi) is 2.24. The lowest BCUT2D eigenvalue weighted by Gasteiger charge is -2.23. The maximum absolute atomic E-state index is 5.65. The van der Waals surface area contributed by atoms with E-state index in [1.54, 1.807) is 0 Å². The molecular weight excluding hydrogens is 180 g/mol. The van der Waals surface area contributed by atoms with E-state index in [1.165, 1.54) is 0 Å². The summed E-state index contributed by atoms with van der Waals surface area (Å²) in [5.41, 5.74) is 3.00. The highest BCUT2D eigenvalue weighted by molar-refractivity contribution is 5.07. The molecule has 0 amide bonds. The summed E-state index contributed by atoms with van der Waals surface area (Å²) in [6.45, 7) is 3.68. The Labute approximate surface area is 84.1 Å². The molecule has 3 aliphatic rings. The molecular formula is C10H18N2O2. The standard InChI is InChI=1S/C10H18N2O2/c11-12-10(6-1-2-13-3-6)9-7-4-14-5-8(7)9/h6-10,12H,1-5,11H2. The number of ether oxygens (including phenoxy) is 2. The minimum absolute atomic E-state index is 0.455. The molecule has 1 saturated carbocycles. The Morgan fingerprint density at radius 2 is 1.93 bits per heavy atom. The Morgan fingerprint density at radius 3 is 2.50 bits per heavy atom. The van der Waals surface area contributed by atoms with Crippen molar-refractivity contribution in [1.29, 1.82) is 0 Å². The highest BCUT2D eigenvalue weighted by Gasteiger charge is 2.58. The molecule has 3 fully saturated rings. The van der Waals surface area contributed by atoms with Crippen molar-refractivity contribution >= 4 is 0 Å². The van der Waals surface area contributed by atoms with Crippen molar-refractivity contribution in [2.45, 2.75) is 12.5 Å². The van der Waals surface area contributed by atoms with Crippen molar-refractivity contribution in [2.75, 3.05) is 26.4 Å². The van der Waals surface area contributed by atoms with Crippen LogP contribution in [0.4, 0.5) is 0 Å². The van der Waals surface area contributed by atoms with E-state index in [9.17, 15) is 0 Å². The van der Waals surface area contributed by atoms with Gasteiger partial charge in [0.05, 0.1) is 19.8 Å². The summed E-state index contributed by atoms with van der Waals surface area (Å²) in [5, 5.41) is 0. The van der Waals surface area contributed by atoms with Crippen LogP contribution in [-0.2, 0) is 9.47 Å². The van der Waals surface area contributed by atoms with Gasteiger partial charge in [-0.1, -0.05) is 0 Å². The first kappa shape index (κ1) is 9.09. The fraction of sp³-hybridized carbons (Fsp3) is 1.00. The molecule has 14 heavy (non-hydrogen) atoms. The van der Waals surface area contributed by atoms with Crippen LogP contribution in [0.25, 0.3) is 0 Å². The largest absolute Gasteiger partial charge is 0.381 e. The molecule has 3 N–H and O–H groups in total. The van der Waals surface area contributed by atoms with Crippen LogP contribution in [0.15, 0.2) is 0 Å². The van der Waals surface area contributed by atoms with Gasteiger partial charge in [0.2, 0.25) is 0 Å². The van der Waals surface area contributed by atoms with Gasteiger partial charge in [0, 0.05) is 18.6 Å². The maximum Gasteiger partial charge on any atom is 0.0510 e. The molecule has 4 heteroatoms. The van der Waals surface area contributed by atoms with Gasteiger partial charge in [-0.2, -0.15) is 0 Å². The van der Waals surface area contributed by atoms with E-state index in [2.05, 4.69) is 5.43 Å². The summed E-state index contributed by atoms with van der Waals surface area (Å²) in [4.78, 5) is 0. The van der Waals surface area contributed by atoms with Crippen LogP contribution in [0.1, 0.15) is 6.42 Å². The minimum atomic E-state index is 0.455. The molecule has 2 saturated heterocycles. The highest BCUT2D eigenvalue weighted by Crippen LogP contribution is 2.54. The van der Waals surface area contributed by atoms with Crippen molar-refractivity contribution in [2.24, 2.45) is 29.5 Å². The van der Waals surface area contributed by atoms with Gasteiger partial charge in [0.1, 0.15) is 0 Å². The molecule has 0 aromatic heterocycles. The van der Waals surface area contributed by atoms with Crippen LogP contribution in [0, 0.1) is 23.7 Å². The number of nitrogens with one attached hydrogen (secondary N) is 1. The highest BCUT2D eigenvalue weighted by atomic mass is 16.5. The van der Waals surface area contributed by atoms with E-state index in [-0.39, 0.29) is 0 Å². The number of hydrogen-bond acceptors (Lipinski definition) is 4. The van der Waals surface area contributed by atoms with Crippen molar-refractivity contribution in [3.63, 3.8) is 0 Å². The number of hydrazine groups is 1. The molecule has 80 valence electrons. The molecule has 0 spiro atoms. The monoisotopic (exact) mass is 198 g/mol. The molecule has 4 nitrogen and oxygen atoms in total. The van der Waals surface area contributed by atoms with E-state index in [4.69, 9.17) is 15.3 Å². The Hall–Kier alpha value is -0.160. The molecule has 0 radical (unpaired) electrons. The second kappa shape index (κ2) is 3.45. The SMILES string of the molecule is NNC(C1CCOC1)C1C2COCC21. The van der Waals surface area contributed by atoms with Crippen LogP contribution in [0.5, 0.6) is 0 Å². The van der Waals surface area contributed by atoms with Gasteiger partial charge in [-0.25, -0.2) is 0 Å². The van der Waals surface area contributed by atoms with Crippen molar-refractivity contribution in [1.82, 2.24) is 5.43 Å². The van der Waals surface area contributed by atoms with E-state index in [0.717, 1.165) is 50.6 Å². The molecule has 0 aromatic rings. The van der Waals surface area contributed by atoms with Crippen molar-refractivity contribution in [3.05, 3.63) is 0 Å². The van der Waals surface area contributed by atoms with Crippen LogP contribution < -0.4 is 11.3 Å². The summed E-state index contributed by atoms with van der Waals surface area (Å²) in [7, 11) is 0. The Bertz CT molecular complexity index is 208. The first-order chi connectivity index (χ1) is 6.92. The summed E-state index contributed by atoms with van der Waals surface area (Å²) in [5.74, 6) is 8.57. The number of hydrogen-bond donors (Lipinski definition) is 2. The lowest BCUT2D eigenvalue weighted by molar-refractivity contribution is 0.128. The van der Waals surface area contributed by atoms with E-state index in [1.807, 2.05) is 0 Å². The lowest BCUT2D eigenvalue weighted by atomic mass is 9.93. The second-order valence-corrected chi connectivity index (χ2v) is 4.76. The molecule has 4 unspecified atom stereocenters. The molecule has 0 aromatic carbocycles. The number of nitrogens with two attached hydrogens (primary N) is 1. The van der Waals surface area contributed by atoms with E-state index in [0.29, 0.717) is 12.0 Å². The third-order valence-electron chi connectivity index (χ3n) is 4.10. The fourth-order valence-corrected chi connectivity index (χ4v) is 3.21. The van der Waals surface area contributed by atoms with Gasteiger partial charge in [-0.3, -0.25) is 11.3 Å². The van der Waals surface area contributed by atoms with Crippen molar-refractivity contribution in [3.8, 4) is 0 Å². The first-order valence-corrected chi connectivity index (χ1v) is 5.53. The quantitative estimate of drug-likeness (QED) is 0.485. The molecule has 3 rings (SSSR count). The topological polar surface area (TPSA) is 56.5 Å². The number of fused-ring (bicyclic) bond motifs is 1. The zero-order valence-electron chi connectivity index (χ0n) is 8.32. The molecule has 1 aliphatic carbocycles. The first-order valence-electron chi connectivity index (χ1n) is 5.53. The summed E-state index contributed by atoms with van der Waals surface area (Å²) >= 11 is 0. The Balaban J connectivity index is 1.63. The molecule has 2 aliphatic heterocycles. The summed E-state index contributed by atoms with van der Waals surface area (Å²) in [6, 6.07) is 0.455. The minimum Gasteiger partial charge on any atom is -0.381 e. The molecule has 0 bridgehead atoms. The second-order valence-electron chi connectivity index (χ2n) is 4.76. The summed E-state index contributed by atoms with van der Waals surface area (Å²) in [6.07, 6.45) is 1.16. The smallest absolute Gasteiger partial charge is 0.0510 e. The third-order valence-corrected chi connectivity index (χ3v) is 4.10. The summed E-state index contributed by atoms with van der Waals surface area (Å²) < 4.78 is 10.8. The predicted molar refractivity (Wildman–Crippen MR) is 51.3 cm³/mol. The normalized spacial score (nSPS) is 47.8. The van der Waals surface area contributed by atoms with Crippen LogP contribution in [-0.4, -0.2) is 32.5 Å². The van der Waals surface area contributed by atoms with Gasteiger partial charge in [-0.15, -0.1) is 0 Å². The number of rotatable bonds is 3. The van der Waals surface area contributed by atoms with Crippen LogP contribution >= 0.6 is 0 Å². The lowest BCUT2D eigenvalue weighted by Crippen LogP contribution is -2.44. The average molecular weight is 198 g/mol. The van der Waals surface area contributed by atoms with Gasteiger partial charge in [0.15, 0.2) is 0 Å². The van der Waals surface area contributed by atoms with Crippen molar-refractivity contribution < 1.29 is 9.47 Å². The van der Waals surface area contributed by atoms with Gasteiger partial charge in [0.25, 0.3) is 0 Å². The Morgan fingerprint density at radius 1 is 1.14 bits per heavy atom. The predicted octanol–water partition coefficient (Wildman–Crippen LogP) is -0.253. The van der Waals surface area contributed by atoms with Gasteiger partial charge in [-0.05, 0) is 24.2 Å². The van der Waals surface area contributed by atoms with E-state index >= 15 is 0 Å². The average Bonchev–Trinajstić information content (AvgIpc) is 2.67. The van der Waals surface area contributed by atoms with Crippen LogP contribution in [0.2, 0.25) is 0 Å². The fourth-order valence-electron chi connectivity index (χ4n) is 3.21. The van der Waals surface area contributed by atoms with Gasteiger partial charge >= 0.3 is 0 Å².